The molecule has 0 saturated heterocycles. The molecule has 0 aliphatic rings. The molecule has 0 spiro atoms. The van der Waals surface area contributed by atoms with Gasteiger partial charge in [0.15, 0.2) is 0 Å². The van der Waals surface area contributed by atoms with Crippen molar-refractivity contribution in [1.82, 2.24) is 0 Å². The van der Waals surface area contributed by atoms with Crippen molar-refractivity contribution in [1.29, 1.82) is 5.26 Å². The monoisotopic (exact) mass is 366 g/mol. The van der Waals surface area contributed by atoms with Gasteiger partial charge in [0.1, 0.15) is 16.8 Å². The predicted molar refractivity (Wildman–Crippen MR) is 87.7 cm³/mol. The highest BCUT2D eigenvalue weighted by Gasteiger charge is 2.24. The van der Waals surface area contributed by atoms with Crippen molar-refractivity contribution < 1.29 is 14.8 Å². The number of phenolic OH excluding ortho intramolecular Hbond substituents is 1. The number of nitriles is 1. The zero-order valence-electron chi connectivity index (χ0n) is 11.7. The van der Waals surface area contributed by atoms with Crippen LogP contribution in [0.1, 0.15) is 5.56 Å². The first kappa shape index (κ1) is 17.3. The number of phenols is 1. The van der Waals surface area contributed by atoms with Crippen LogP contribution in [0, 0.1) is 21.4 Å². The van der Waals surface area contributed by atoms with Crippen molar-refractivity contribution in [2.45, 2.75) is 0 Å². The van der Waals surface area contributed by atoms with Gasteiger partial charge in [-0.15, -0.1) is 0 Å². The fraction of sp³-hybridized carbons (Fsp3) is 0. The molecule has 8 nitrogen and oxygen atoms in total. The molecule has 0 saturated carbocycles. The van der Waals surface area contributed by atoms with Crippen LogP contribution in [0.5, 0.6) is 5.75 Å². The number of halogens is 2. The number of nitro benzene ring substituents is 1. The molecule has 10 heteroatoms. The van der Waals surface area contributed by atoms with Gasteiger partial charge < -0.3 is 10.8 Å². The summed E-state index contributed by atoms with van der Waals surface area (Å²) in [6.45, 7) is 0. The van der Waals surface area contributed by atoms with Crippen LogP contribution in [-0.2, 0) is 0 Å². The van der Waals surface area contributed by atoms with Crippen molar-refractivity contribution >= 4 is 46.3 Å². The Morgan fingerprint density at radius 1 is 1.29 bits per heavy atom. The number of amides is 2. The van der Waals surface area contributed by atoms with Gasteiger partial charge in [0, 0.05) is 0 Å². The Balaban J connectivity index is 2.66. The van der Waals surface area contributed by atoms with Gasteiger partial charge in [-0.2, -0.15) is 5.26 Å². The molecule has 3 N–H and O–H groups in total. The lowest BCUT2D eigenvalue weighted by Crippen LogP contribution is -2.31. The summed E-state index contributed by atoms with van der Waals surface area (Å²) in [5.74, 6) is -0.585. The van der Waals surface area contributed by atoms with E-state index in [4.69, 9.17) is 34.2 Å². The lowest BCUT2D eigenvalue weighted by molar-refractivity contribution is -0.384. The third-order valence-electron chi connectivity index (χ3n) is 3.03. The van der Waals surface area contributed by atoms with Gasteiger partial charge in [-0.1, -0.05) is 23.2 Å². The molecule has 0 radical (unpaired) electrons. The number of nitrogens with zero attached hydrogens (tertiary/aromatic N) is 3. The maximum absolute atomic E-state index is 11.8. The Labute approximate surface area is 145 Å². The molecule has 122 valence electrons. The van der Waals surface area contributed by atoms with E-state index in [1.54, 1.807) is 0 Å². The Bertz CT molecular complexity index is 895. The van der Waals surface area contributed by atoms with Gasteiger partial charge in [0.05, 0.1) is 33.0 Å². The minimum Gasteiger partial charge on any atom is -0.505 e. The summed E-state index contributed by atoms with van der Waals surface area (Å²) in [5.41, 5.74) is 4.83. The molecule has 0 fully saturated rings. The molecule has 0 heterocycles. The molecule has 24 heavy (non-hydrogen) atoms. The van der Waals surface area contributed by atoms with Crippen LogP contribution in [0.4, 0.5) is 21.9 Å². The number of anilines is 2. The van der Waals surface area contributed by atoms with Crippen molar-refractivity contribution in [2.24, 2.45) is 5.73 Å². The van der Waals surface area contributed by atoms with E-state index >= 15 is 0 Å². The zero-order valence-corrected chi connectivity index (χ0v) is 13.2. The summed E-state index contributed by atoms with van der Waals surface area (Å²) in [6, 6.07) is 6.71. The SMILES string of the molecule is N#Cc1cc(N(C(N)=O)c2cc(Cl)c([N+](=O)[O-])cc2O)ccc1Cl. The van der Waals surface area contributed by atoms with Crippen LogP contribution in [-0.4, -0.2) is 16.1 Å². The Morgan fingerprint density at radius 3 is 2.50 bits per heavy atom. The third-order valence-corrected chi connectivity index (χ3v) is 3.66. The largest absolute Gasteiger partial charge is 0.505 e. The van der Waals surface area contributed by atoms with Crippen molar-refractivity contribution in [3.63, 3.8) is 0 Å². The molecule has 2 aromatic carbocycles. The molecule has 2 rings (SSSR count). The summed E-state index contributed by atoms with van der Waals surface area (Å²) in [7, 11) is 0. The Kier molecular flexibility index (Phi) is 4.78. The van der Waals surface area contributed by atoms with E-state index in [2.05, 4.69) is 0 Å². The second kappa shape index (κ2) is 6.62. The van der Waals surface area contributed by atoms with E-state index in [9.17, 15) is 20.0 Å². The molecule has 0 aromatic heterocycles. The Hall–Kier alpha value is -3.02. The number of urea groups is 1. The zero-order chi connectivity index (χ0) is 18.0. The number of hydrogen-bond acceptors (Lipinski definition) is 5. The van der Waals surface area contributed by atoms with Gasteiger partial charge in [0.25, 0.3) is 5.69 Å². The fourth-order valence-corrected chi connectivity index (χ4v) is 2.37. The van der Waals surface area contributed by atoms with E-state index in [0.29, 0.717) is 0 Å². The van der Waals surface area contributed by atoms with E-state index in [-0.39, 0.29) is 27.0 Å². The second-order valence-corrected chi connectivity index (χ2v) is 5.31. The normalized spacial score (nSPS) is 10.0. The van der Waals surface area contributed by atoms with Gasteiger partial charge in [-0.05, 0) is 24.3 Å². The van der Waals surface area contributed by atoms with Crippen molar-refractivity contribution in [3.05, 3.63) is 56.1 Å². The quantitative estimate of drug-likeness (QED) is 0.630. The van der Waals surface area contributed by atoms with Crippen LogP contribution in [0.25, 0.3) is 0 Å². The van der Waals surface area contributed by atoms with Gasteiger partial charge in [-0.3, -0.25) is 15.0 Å². The molecule has 0 unspecified atom stereocenters. The van der Waals surface area contributed by atoms with Crippen molar-refractivity contribution in [3.8, 4) is 11.8 Å². The summed E-state index contributed by atoms with van der Waals surface area (Å²) in [4.78, 5) is 22.7. The first-order valence-corrected chi connectivity index (χ1v) is 6.98. The highest BCUT2D eigenvalue weighted by atomic mass is 35.5. The lowest BCUT2D eigenvalue weighted by atomic mass is 10.1. The maximum Gasteiger partial charge on any atom is 0.324 e. The number of rotatable bonds is 3. The van der Waals surface area contributed by atoms with Gasteiger partial charge in [-0.25, -0.2) is 4.79 Å². The number of primary amides is 1. The summed E-state index contributed by atoms with van der Waals surface area (Å²) in [6.07, 6.45) is 0. The number of benzene rings is 2. The van der Waals surface area contributed by atoms with Crippen LogP contribution in [0.2, 0.25) is 10.0 Å². The second-order valence-electron chi connectivity index (χ2n) is 4.50. The molecular formula is C14H8Cl2N4O4. The molecule has 0 aliphatic heterocycles. The predicted octanol–water partition coefficient (Wildman–Crippen LogP) is 3.70. The minimum atomic E-state index is -0.999. The molecule has 0 bridgehead atoms. The smallest absolute Gasteiger partial charge is 0.324 e. The molecule has 2 aromatic rings. The first-order valence-electron chi connectivity index (χ1n) is 6.22. The van der Waals surface area contributed by atoms with E-state index < -0.39 is 22.4 Å². The number of carbonyl (C=O) groups excluding carboxylic acids is 1. The summed E-state index contributed by atoms with van der Waals surface area (Å²) >= 11 is 11.6. The topological polar surface area (TPSA) is 133 Å². The number of carbonyl (C=O) groups is 1. The average molecular weight is 367 g/mol. The number of hydrogen-bond donors (Lipinski definition) is 2. The average Bonchev–Trinajstić information content (AvgIpc) is 2.51. The summed E-state index contributed by atoms with van der Waals surface area (Å²) in [5, 5.41) is 29.7. The molecule has 0 aliphatic carbocycles. The Morgan fingerprint density at radius 2 is 1.96 bits per heavy atom. The molecule has 2 amide bonds. The minimum absolute atomic E-state index is 0.0768. The van der Waals surface area contributed by atoms with E-state index in [1.165, 1.54) is 18.2 Å². The van der Waals surface area contributed by atoms with E-state index in [1.807, 2.05) is 6.07 Å². The van der Waals surface area contributed by atoms with Gasteiger partial charge in [0.2, 0.25) is 0 Å². The highest BCUT2D eigenvalue weighted by molar-refractivity contribution is 6.33. The van der Waals surface area contributed by atoms with Crippen LogP contribution < -0.4 is 10.6 Å². The fourth-order valence-electron chi connectivity index (χ4n) is 1.98. The van der Waals surface area contributed by atoms with Crippen molar-refractivity contribution in [2.75, 3.05) is 4.90 Å². The molecular weight excluding hydrogens is 359 g/mol. The van der Waals surface area contributed by atoms with Crippen LogP contribution in [0.15, 0.2) is 30.3 Å². The number of nitrogens with two attached hydrogens (primary N) is 1. The van der Waals surface area contributed by atoms with Gasteiger partial charge >= 0.3 is 6.03 Å². The first-order chi connectivity index (χ1) is 11.3. The maximum atomic E-state index is 11.8. The van der Waals surface area contributed by atoms with Crippen LogP contribution in [0.3, 0.4) is 0 Å². The lowest BCUT2D eigenvalue weighted by Gasteiger charge is -2.22. The molecule has 0 atom stereocenters. The van der Waals surface area contributed by atoms with E-state index in [0.717, 1.165) is 17.0 Å². The number of aromatic hydroxyl groups is 1. The third kappa shape index (κ3) is 3.17. The summed E-state index contributed by atoms with van der Waals surface area (Å²) < 4.78 is 0. The standard InChI is InChI=1S/C14H8Cl2N4O4/c15-9-2-1-8(3-7(9)6-17)19(14(18)22)12-4-10(16)11(20(23)24)5-13(12)21/h1-5,21H,(H2,18,22). The highest BCUT2D eigenvalue weighted by Crippen LogP contribution is 2.40. The van der Waals surface area contributed by atoms with Crippen LogP contribution >= 0.6 is 23.2 Å². The number of nitro groups is 1.